The molecule has 5 heteroatoms. The number of benzene rings is 1. The van der Waals surface area contributed by atoms with Crippen molar-refractivity contribution in [1.82, 2.24) is 10.6 Å². The standard InChI is InChI=1S/C15H18N2O3/c1-9-4-5-12-11(7-17-8-13(18)16-3)6-14(19)20-15(12)10(9)2/h4-6,17H,7-8H2,1-3H3,(H,16,18). The normalized spacial score (nSPS) is 10.8. The van der Waals surface area contributed by atoms with E-state index in [1.165, 1.54) is 6.07 Å². The third-order valence-electron chi connectivity index (χ3n) is 3.40. The van der Waals surface area contributed by atoms with Crippen LogP contribution in [0.3, 0.4) is 0 Å². The van der Waals surface area contributed by atoms with Crippen LogP contribution in [0.2, 0.25) is 0 Å². The maximum absolute atomic E-state index is 11.6. The number of hydrogen-bond acceptors (Lipinski definition) is 4. The largest absolute Gasteiger partial charge is 0.422 e. The molecule has 0 atom stereocenters. The number of amides is 1. The summed E-state index contributed by atoms with van der Waals surface area (Å²) in [5.74, 6) is -0.0932. The third kappa shape index (κ3) is 2.88. The van der Waals surface area contributed by atoms with Crippen LogP contribution < -0.4 is 16.3 Å². The maximum atomic E-state index is 11.6. The molecule has 1 amide bonds. The van der Waals surface area contributed by atoms with Crippen LogP contribution in [-0.2, 0) is 11.3 Å². The molecule has 0 saturated heterocycles. The number of fused-ring (bicyclic) bond motifs is 1. The highest BCUT2D eigenvalue weighted by Crippen LogP contribution is 2.22. The SMILES string of the molecule is CNC(=O)CNCc1cc(=O)oc2c(C)c(C)ccc12. The zero-order valence-electron chi connectivity index (χ0n) is 11.9. The number of carbonyl (C=O) groups is 1. The number of nitrogens with one attached hydrogen (secondary N) is 2. The Morgan fingerprint density at radius 3 is 2.75 bits per heavy atom. The van der Waals surface area contributed by atoms with E-state index < -0.39 is 0 Å². The van der Waals surface area contributed by atoms with Crippen LogP contribution in [0.25, 0.3) is 11.0 Å². The Bertz CT molecular complexity index is 704. The molecule has 0 unspecified atom stereocenters. The molecule has 0 spiro atoms. The van der Waals surface area contributed by atoms with Crippen molar-refractivity contribution in [3.8, 4) is 0 Å². The molecule has 0 radical (unpaired) electrons. The molecule has 0 saturated carbocycles. The fourth-order valence-electron chi connectivity index (χ4n) is 2.07. The average Bonchev–Trinajstić information content (AvgIpc) is 2.43. The molecule has 0 aliphatic rings. The summed E-state index contributed by atoms with van der Waals surface area (Å²) < 4.78 is 5.30. The number of hydrogen-bond donors (Lipinski definition) is 2. The summed E-state index contributed by atoms with van der Waals surface area (Å²) in [5, 5.41) is 6.45. The zero-order chi connectivity index (χ0) is 14.7. The molecule has 5 nitrogen and oxygen atoms in total. The van der Waals surface area contributed by atoms with Crippen molar-refractivity contribution in [3.05, 3.63) is 45.3 Å². The molecule has 2 N–H and O–H groups in total. The Kier molecular flexibility index (Phi) is 4.20. The molecule has 1 aromatic carbocycles. The van der Waals surface area contributed by atoms with Crippen LogP contribution in [0, 0.1) is 13.8 Å². The average molecular weight is 274 g/mol. The third-order valence-corrected chi connectivity index (χ3v) is 3.40. The summed E-state index contributed by atoms with van der Waals surface area (Å²) >= 11 is 0. The van der Waals surface area contributed by atoms with E-state index in [0.717, 1.165) is 22.1 Å². The number of rotatable bonds is 4. The van der Waals surface area contributed by atoms with Crippen molar-refractivity contribution in [2.75, 3.05) is 13.6 Å². The van der Waals surface area contributed by atoms with Gasteiger partial charge >= 0.3 is 5.63 Å². The highest BCUT2D eigenvalue weighted by atomic mass is 16.4. The smallest absolute Gasteiger partial charge is 0.336 e. The summed E-state index contributed by atoms with van der Waals surface area (Å²) in [6.07, 6.45) is 0. The van der Waals surface area contributed by atoms with Gasteiger partial charge in [-0.25, -0.2) is 4.79 Å². The zero-order valence-corrected chi connectivity index (χ0v) is 11.9. The van der Waals surface area contributed by atoms with E-state index in [1.807, 2.05) is 26.0 Å². The molecule has 106 valence electrons. The molecule has 0 aliphatic carbocycles. The van der Waals surface area contributed by atoms with E-state index in [9.17, 15) is 9.59 Å². The van der Waals surface area contributed by atoms with E-state index in [2.05, 4.69) is 10.6 Å². The lowest BCUT2D eigenvalue weighted by molar-refractivity contribution is -0.119. The van der Waals surface area contributed by atoms with E-state index in [4.69, 9.17) is 4.42 Å². The molecule has 1 heterocycles. The monoisotopic (exact) mass is 274 g/mol. The Morgan fingerprint density at radius 1 is 1.30 bits per heavy atom. The van der Waals surface area contributed by atoms with Gasteiger partial charge in [0.25, 0.3) is 0 Å². The first-order chi connectivity index (χ1) is 9.52. The summed E-state index contributed by atoms with van der Waals surface area (Å²) in [4.78, 5) is 22.8. The number of aryl methyl sites for hydroxylation is 2. The lowest BCUT2D eigenvalue weighted by atomic mass is 10.0. The molecule has 0 fully saturated rings. The minimum Gasteiger partial charge on any atom is -0.422 e. The molecule has 1 aromatic heterocycles. The molecule has 2 rings (SSSR count). The second kappa shape index (κ2) is 5.88. The number of carbonyl (C=O) groups excluding carboxylic acids is 1. The van der Waals surface area contributed by atoms with Gasteiger partial charge in [-0.1, -0.05) is 12.1 Å². The summed E-state index contributed by atoms with van der Waals surface area (Å²) in [5.41, 5.74) is 3.13. The summed E-state index contributed by atoms with van der Waals surface area (Å²) in [6.45, 7) is 4.56. The van der Waals surface area contributed by atoms with Crippen molar-refractivity contribution >= 4 is 16.9 Å². The first-order valence-electron chi connectivity index (χ1n) is 6.47. The fourth-order valence-corrected chi connectivity index (χ4v) is 2.07. The van der Waals surface area contributed by atoms with Gasteiger partial charge in [0.05, 0.1) is 6.54 Å². The van der Waals surface area contributed by atoms with Gasteiger partial charge in [0.15, 0.2) is 0 Å². The molecule has 20 heavy (non-hydrogen) atoms. The highest BCUT2D eigenvalue weighted by Gasteiger charge is 2.09. The van der Waals surface area contributed by atoms with E-state index >= 15 is 0 Å². The van der Waals surface area contributed by atoms with Crippen LogP contribution in [0.4, 0.5) is 0 Å². The molecular formula is C15H18N2O3. The van der Waals surface area contributed by atoms with E-state index in [0.29, 0.717) is 12.1 Å². The van der Waals surface area contributed by atoms with Crippen LogP contribution >= 0.6 is 0 Å². The van der Waals surface area contributed by atoms with Gasteiger partial charge < -0.3 is 15.1 Å². The van der Waals surface area contributed by atoms with Crippen molar-refractivity contribution in [3.63, 3.8) is 0 Å². The van der Waals surface area contributed by atoms with E-state index in [-0.39, 0.29) is 18.1 Å². The maximum Gasteiger partial charge on any atom is 0.336 e. The van der Waals surface area contributed by atoms with Gasteiger partial charge in [-0.3, -0.25) is 4.79 Å². The first kappa shape index (κ1) is 14.3. The first-order valence-corrected chi connectivity index (χ1v) is 6.47. The van der Waals surface area contributed by atoms with Crippen molar-refractivity contribution in [1.29, 1.82) is 0 Å². The minimum atomic E-state index is -0.372. The van der Waals surface area contributed by atoms with Gasteiger partial charge in [0.2, 0.25) is 5.91 Å². The van der Waals surface area contributed by atoms with Gasteiger partial charge in [0, 0.05) is 25.0 Å². The van der Waals surface area contributed by atoms with Crippen molar-refractivity contribution < 1.29 is 9.21 Å². The molecular weight excluding hydrogens is 256 g/mol. The van der Waals surface area contributed by atoms with Crippen LogP contribution in [0.15, 0.2) is 27.4 Å². The predicted octanol–water partition coefficient (Wildman–Crippen LogP) is 1.25. The Hall–Kier alpha value is -2.14. The molecule has 0 aliphatic heterocycles. The predicted molar refractivity (Wildman–Crippen MR) is 77.7 cm³/mol. The van der Waals surface area contributed by atoms with E-state index in [1.54, 1.807) is 7.05 Å². The Balaban J connectivity index is 2.36. The van der Waals surface area contributed by atoms with Crippen LogP contribution in [0.1, 0.15) is 16.7 Å². The highest BCUT2D eigenvalue weighted by molar-refractivity contribution is 5.84. The summed E-state index contributed by atoms with van der Waals surface area (Å²) in [6, 6.07) is 5.41. The Labute approximate surface area is 117 Å². The number of likely N-dealkylation sites (N-methyl/N-ethyl adjacent to an activating group) is 1. The van der Waals surface area contributed by atoms with Crippen LogP contribution in [-0.4, -0.2) is 19.5 Å². The van der Waals surface area contributed by atoms with Crippen molar-refractivity contribution in [2.45, 2.75) is 20.4 Å². The van der Waals surface area contributed by atoms with Crippen molar-refractivity contribution in [2.24, 2.45) is 0 Å². The minimum absolute atomic E-state index is 0.0932. The van der Waals surface area contributed by atoms with Gasteiger partial charge in [-0.2, -0.15) is 0 Å². The van der Waals surface area contributed by atoms with Gasteiger partial charge in [-0.15, -0.1) is 0 Å². The molecule has 2 aromatic rings. The lowest BCUT2D eigenvalue weighted by Gasteiger charge is -2.09. The fraction of sp³-hybridized carbons (Fsp3) is 0.333. The van der Waals surface area contributed by atoms with Gasteiger partial charge in [-0.05, 0) is 30.5 Å². The van der Waals surface area contributed by atoms with Crippen LogP contribution in [0.5, 0.6) is 0 Å². The Morgan fingerprint density at radius 2 is 2.05 bits per heavy atom. The quantitative estimate of drug-likeness (QED) is 0.823. The topological polar surface area (TPSA) is 71.3 Å². The second-order valence-electron chi connectivity index (χ2n) is 4.75. The second-order valence-corrected chi connectivity index (χ2v) is 4.75. The molecule has 0 bridgehead atoms. The summed E-state index contributed by atoms with van der Waals surface area (Å²) in [7, 11) is 1.59. The lowest BCUT2D eigenvalue weighted by Crippen LogP contribution is -2.31. The van der Waals surface area contributed by atoms with Gasteiger partial charge in [0.1, 0.15) is 5.58 Å².